The zero-order valence-electron chi connectivity index (χ0n) is 16.5. The second kappa shape index (κ2) is 8.93. The standard InChI is InChI=1S/C22H27N3O2/c1-16-11-24-19(12-23-16)14-25(17(2)15-26-3)13-18-9-10-22(27-4)21-8-6-5-7-20(18)21/h5-12,17H,13-15H2,1-4H3. The van der Waals surface area contributed by atoms with Gasteiger partial charge in [-0.2, -0.15) is 0 Å². The maximum absolute atomic E-state index is 5.53. The van der Waals surface area contributed by atoms with Gasteiger partial charge in [0.2, 0.25) is 0 Å². The van der Waals surface area contributed by atoms with Crippen LogP contribution >= 0.6 is 0 Å². The van der Waals surface area contributed by atoms with Crippen molar-refractivity contribution in [1.29, 1.82) is 0 Å². The average molecular weight is 365 g/mol. The number of hydrogen-bond acceptors (Lipinski definition) is 5. The van der Waals surface area contributed by atoms with Gasteiger partial charge in [0, 0.05) is 44.0 Å². The summed E-state index contributed by atoms with van der Waals surface area (Å²) < 4.78 is 10.9. The summed E-state index contributed by atoms with van der Waals surface area (Å²) in [5.41, 5.74) is 3.15. The Labute approximate surface area is 161 Å². The molecule has 1 aromatic heterocycles. The quantitative estimate of drug-likeness (QED) is 0.604. The van der Waals surface area contributed by atoms with Crippen LogP contribution in [-0.4, -0.2) is 41.7 Å². The van der Waals surface area contributed by atoms with Crippen LogP contribution in [-0.2, 0) is 17.8 Å². The number of aromatic nitrogens is 2. The molecule has 2 aromatic carbocycles. The third-order valence-corrected chi connectivity index (χ3v) is 4.80. The first-order chi connectivity index (χ1) is 13.1. The van der Waals surface area contributed by atoms with Gasteiger partial charge in [0.25, 0.3) is 0 Å². The second-order valence-corrected chi connectivity index (χ2v) is 6.83. The molecule has 0 saturated carbocycles. The molecule has 0 spiro atoms. The molecule has 1 unspecified atom stereocenters. The average Bonchev–Trinajstić information content (AvgIpc) is 2.69. The van der Waals surface area contributed by atoms with Gasteiger partial charge in [-0.15, -0.1) is 0 Å². The first-order valence-corrected chi connectivity index (χ1v) is 9.17. The Bertz CT molecular complexity index is 880. The minimum atomic E-state index is 0.249. The first-order valence-electron chi connectivity index (χ1n) is 9.17. The van der Waals surface area contributed by atoms with Gasteiger partial charge >= 0.3 is 0 Å². The van der Waals surface area contributed by atoms with Crippen LogP contribution in [0.5, 0.6) is 5.75 Å². The van der Waals surface area contributed by atoms with Crippen molar-refractivity contribution >= 4 is 10.8 Å². The van der Waals surface area contributed by atoms with Crippen LogP contribution in [0.1, 0.15) is 23.9 Å². The summed E-state index contributed by atoms with van der Waals surface area (Å²) in [7, 11) is 3.45. The van der Waals surface area contributed by atoms with Crippen LogP contribution in [0.3, 0.4) is 0 Å². The van der Waals surface area contributed by atoms with Gasteiger partial charge in [0.05, 0.1) is 25.1 Å². The molecular weight excluding hydrogens is 338 g/mol. The zero-order chi connectivity index (χ0) is 19.2. The van der Waals surface area contributed by atoms with Gasteiger partial charge < -0.3 is 9.47 Å². The smallest absolute Gasteiger partial charge is 0.126 e. The minimum Gasteiger partial charge on any atom is -0.496 e. The summed E-state index contributed by atoms with van der Waals surface area (Å²) >= 11 is 0. The molecule has 27 heavy (non-hydrogen) atoms. The van der Waals surface area contributed by atoms with Crippen molar-refractivity contribution in [2.45, 2.75) is 33.0 Å². The van der Waals surface area contributed by atoms with Crippen LogP contribution in [0.25, 0.3) is 10.8 Å². The molecule has 0 fully saturated rings. The summed E-state index contributed by atoms with van der Waals surface area (Å²) in [6.45, 7) is 6.30. The van der Waals surface area contributed by atoms with Crippen molar-refractivity contribution in [3.63, 3.8) is 0 Å². The van der Waals surface area contributed by atoms with Gasteiger partial charge in [-0.3, -0.25) is 14.9 Å². The normalized spacial score (nSPS) is 12.5. The molecule has 0 aliphatic rings. The molecule has 0 radical (unpaired) electrons. The Morgan fingerprint density at radius 2 is 1.74 bits per heavy atom. The van der Waals surface area contributed by atoms with Crippen LogP contribution in [0.15, 0.2) is 48.8 Å². The number of fused-ring (bicyclic) bond motifs is 1. The molecule has 1 heterocycles. The fourth-order valence-electron chi connectivity index (χ4n) is 3.29. The predicted molar refractivity (Wildman–Crippen MR) is 108 cm³/mol. The van der Waals surface area contributed by atoms with Gasteiger partial charge in [0.1, 0.15) is 5.75 Å². The Morgan fingerprint density at radius 1 is 0.963 bits per heavy atom. The molecule has 0 aliphatic heterocycles. The van der Waals surface area contributed by atoms with Crippen molar-refractivity contribution < 1.29 is 9.47 Å². The highest BCUT2D eigenvalue weighted by Gasteiger charge is 2.17. The largest absolute Gasteiger partial charge is 0.496 e. The molecule has 0 aliphatic carbocycles. The monoisotopic (exact) mass is 365 g/mol. The molecule has 0 N–H and O–H groups in total. The van der Waals surface area contributed by atoms with E-state index >= 15 is 0 Å². The van der Waals surface area contributed by atoms with Gasteiger partial charge in [-0.25, -0.2) is 0 Å². The van der Waals surface area contributed by atoms with E-state index in [1.54, 1.807) is 14.2 Å². The van der Waals surface area contributed by atoms with E-state index in [1.807, 2.05) is 31.5 Å². The van der Waals surface area contributed by atoms with Crippen molar-refractivity contribution in [2.24, 2.45) is 0 Å². The first kappa shape index (κ1) is 19.3. The Kier molecular flexibility index (Phi) is 6.37. The van der Waals surface area contributed by atoms with E-state index in [9.17, 15) is 0 Å². The molecule has 142 valence electrons. The molecule has 3 aromatic rings. The molecule has 0 saturated heterocycles. The van der Waals surface area contributed by atoms with Crippen molar-refractivity contribution in [1.82, 2.24) is 14.9 Å². The highest BCUT2D eigenvalue weighted by atomic mass is 16.5. The van der Waals surface area contributed by atoms with E-state index < -0.39 is 0 Å². The van der Waals surface area contributed by atoms with Crippen LogP contribution in [0, 0.1) is 6.92 Å². The fraction of sp³-hybridized carbons (Fsp3) is 0.364. The van der Waals surface area contributed by atoms with Gasteiger partial charge in [0.15, 0.2) is 0 Å². The topological polar surface area (TPSA) is 47.5 Å². The van der Waals surface area contributed by atoms with Gasteiger partial charge in [-0.1, -0.05) is 30.3 Å². The molecular formula is C22H27N3O2. The third kappa shape index (κ3) is 4.62. The lowest BCUT2D eigenvalue weighted by atomic mass is 10.0. The van der Waals surface area contributed by atoms with E-state index in [2.05, 4.69) is 46.1 Å². The molecule has 5 heteroatoms. The van der Waals surface area contributed by atoms with Crippen molar-refractivity contribution in [3.05, 3.63) is 65.7 Å². The number of hydrogen-bond donors (Lipinski definition) is 0. The maximum atomic E-state index is 5.53. The number of rotatable bonds is 8. The maximum Gasteiger partial charge on any atom is 0.126 e. The predicted octanol–water partition coefficient (Wildman–Crippen LogP) is 3.98. The Hall–Kier alpha value is -2.50. The van der Waals surface area contributed by atoms with Crippen molar-refractivity contribution in [2.75, 3.05) is 20.8 Å². The lowest BCUT2D eigenvalue weighted by Gasteiger charge is -2.29. The van der Waals surface area contributed by atoms with E-state index in [4.69, 9.17) is 9.47 Å². The molecule has 0 amide bonds. The third-order valence-electron chi connectivity index (χ3n) is 4.80. The van der Waals surface area contributed by atoms with Crippen molar-refractivity contribution in [3.8, 4) is 5.75 Å². The number of methoxy groups -OCH3 is 2. The lowest BCUT2D eigenvalue weighted by molar-refractivity contribution is 0.0888. The summed E-state index contributed by atoms with van der Waals surface area (Å²) in [6.07, 6.45) is 3.67. The Morgan fingerprint density at radius 3 is 2.41 bits per heavy atom. The summed E-state index contributed by atoms with van der Waals surface area (Å²) in [6, 6.07) is 12.8. The molecule has 3 rings (SSSR count). The number of aryl methyl sites for hydroxylation is 1. The van der Waals surface area contributed by atoms with Crippen LogP contribution in [0.4, 0.5) is 0 Å². The summed E-state index contributed by atoms with van der Waals surface area (Å²) in [5.74, 6) is 0.898. The van der Waals surface area contributed by atoms with Crippen LogP contribution < -0.4 is 4.74 Å². The lowest BCUT2D eigenvalue weighted by Crippen LogP contribution is -2.35. The van der Waals surface area contributed by atoms with Crippen LogP contribution in [0.2, 0.25) is 0 Å². The summed E-state index contributed by atoms with van der Waals surface area (Å²) in [5, 5.41) is 2.34. The second-order valence-electron chi connectivity index (χ2n) is 6.83. The molecule has 0 bridgehead atoms. The molecule has 1 atom stereocenters. The zero-order valence-corrected chi connectivity index (χ0v) is 16.5. The minimum absolute atomic E-state index is 0.249. The van der Waals surface area contributed by atoms with E-state index in [-0.39, 0.29) is 6.04 Å². The number of nitrogens with zero attached hydrogens (tertiary/aromatic N) is 3. The number of ether oxygens (including phenoxy) is 2. The fourth-order valence-corrected chi connectivity index (χ4v) is 3.29. The molecule has 5 nitrogen and oxygen atoms in total. The highest BCUT2D eigenvalue weighted by Crippen LogP contribution is 2.29. The Balaban J connectivity index is 1.92. The summed E-state index contributed by atoms with van der Waals surface area (Å²) in [4.78, 5) is 11.3. The number of benzene rings is 2. The highest BCUT2D eigenvalue weighted by molar-refractivity contribution is 5.91. The van der Waals surface area contributed by atoms with Gasteiger partial charge in [-0.05, 0) is 30.9 Å². The van der Waals surface area contributed by atoms with E-state index in [0.29, 0.717) is 6.61 Å². The van der Waals surface area contributed by atoms with E-state index in [1.165, 1.54) is 10.9 Å². The SMILES string of the molecule is COCC(C)N(Cc1cnc(C)cn1)Cc1ccc(OC)c2ccccc12. The van der Waals surface area contributed by atoms with E-state index in [0.717, 1.165) is 35.6 Å².